The maximum absolute atomic E-state index is 4.23. The molecule has 0 spiro atoms. The molecular formula is C4H9NS. The zero-order chi connectivity index (χ0) is 4.12. The lowest BCUT2D eigenvalue weighted by Crippen LogP contribution is -1.57. The van der Waals surface area contributed by atoms with Crippen molar-refractivity contribution < 1.29 is 0 Å². The lowest BCUT2D eigenvalue weighted by atomic mass is 10.8. The Labute approximate surface area is 44.1 Å². The minimum absolute atomic E-state index is 0. The fourth-order valence-electron chi connectivity index (χ4n) is 0.0645. The largest absolute Gasteiger partial charge is 0.233 e. The summed E-state index contributed by atoms with van der Waals surface area (Å²) in [7, 11) is 0. The molecule has 0 bridgehead atoms. The van der Waals surface area contributed by atoms with Gasteiger partial charge in [0.2, 0.25) is 0 Å². The summed E-state index contributed by atoms with van der Waals surface area (Å²) < 4.78 is 0. The average molecular weight is 103 g/mol. The van der Waals surface area contributed by atoms with Gasteiger partial charge in [0.05, 0.1) is 5.16 Å². The van der Waals surface area contributed by atoms with Gasteiger partial charge in [0, 0.05) is 6.54 Å². The molecule has 1 nitrogen and oxygen atoms in total. The summed E-state index contributed by atoms with van der Waals surface area (Å²) in [4.78, 5) is 3.54. The van der Waals surface area contributed by atoms with Crippen molar-refractivity contribution in [1.29, 1.82) is 0 Å². The van der Waals surface area contributed by atoms with Gasteiger partial charge in [0.25, 0.3) is 0 Å². The first kappa shape index (κ1) is 9.25. The maximum atomic E-state index is 4.23. The molecule has 36 valence electrons. The standard InChI is InChI=1S/C3H5NS.CH4/c1-2-4-3-5;/h2H2,1H3;1H4. The van der Waals surface area contributed by atoms with E-state index < -0.39 is 0 Å². The van der Waals surface area contributed by atoms with Gasteiger partial charge in [0.1, 0.15) is 0 Å². The number of nitrogens with zero attached hydrogens (tertiary/aromatic N) is 1. The normalized spacial score (nSPS) is 4.83. The zero-order valence-corrected chi connectivity index (χ0v) is 3.88. The molecule has 0 aliphatic rings. The lowest BCUT2D eigenvalue weighted by molar-refractivity contribution is 1.15. The van der Waals surface area contributed by atoms with Gasteiger partial charge in [-0.1, -0.05) is 7.43 Å². The van der Waals surface area contributed by atoms with Crippen LogP contribution in [0.25, 0.3) is 0 Å². The van der Waals surface area contributed by atoms with E-state index in [-0.39, 0.29) is 7.43 Å². The first-order chi connectivity index (χ1) is 2.41. The summed E-state index contributed by atoms with van der Waals surface area (Å²) in [5, 5.41) is 2.23. The molecule has 0 unspecified atom stereocenters. The second-order valence-corrected chi connectivity index (χ2v) is 0.748. The molecule has 0 aliphatic carbocycles. The Morgan fingerprint density at radius 2 is 2.33 bits per heavy atom. The van der Waals surface area contributed by atoms with E-state index >= 15 is 0 Å². The molecule has 0 radical (unpaired) electrons. The van der Waals surface area contributed by atoms with Crippen LogP contribution in [0.2, 0.25) is 0 Å². The van der Waals surface area contributed by atoms with Crippen LogP contribution in [-0.2, 0) is 0 Å². The van der Waals surface area contributed by atoms with Crippen LogP contribution >= 0.6 is 12.2 Å². The van der Waals surface area contributed by atoms with Crippen molar-refractivity contribution in [3.8, 4) is 0 Å². The summed E-state index contributed by atoms with van der Waals surface area (Å²) in [6, 6.07) is 0. The Morgan fingerprint density at radius 1 is 1.83 bits per heavy atom. The Balaban J connectivity index is 0. The summed E-state index contributed by atoms with van der Waals surface area (Å²) in [6.07, 6.45) is 0. The molecule has 0 amide bonds. The Bertz CT molecular complexity index is 54.6. The van der Waals surface area contributed by atoms with Gasteiger partial charge in [-0.15, -0.1) is 0 Å². The molecule has 2 heteroatoms. The highest BCUT2D eigenvalue weighted by atomic mass is 32.1. The van der Waals surface area contributed by atoms with E-state index in [9.17, 15) is 0 Å². The van der Waals surface area contributed by atoms with Gasteiger partial charge in [-0.05, 0) is 19.1 Å². The Kier molecular flexibility index (Phi) is 13.6. The molecule has 0 fully saturated rings. The number of hydrogen-bond acceptors (Lipinski definition) is 2. The fraction of sp³-hybridized carbons (Fsp3) is 0.750. The van der Waals surface area contributed by atoms with Gasteiger partial charge in [0.15, 0.2) is 0 Å². The van der Waals surface area contributed by atoms with Crippen molar-refractivity contribution in [2.75, 3.05) is 6.54 Å². The molecule has 0 atom stereocenters. The van der Waals surface area contributed by atoms with Gasteiger partial charge >= 0.3 is 0 Å². The van der Waals surface area contributed by atoms with Crippen molar-refractivity contribution in [2.24, 2.45) is 4.99 Å². The number of rotatable bonds is 1. The molecule has 0 aromatic heterocycles. The SMILES string of the molecule is C.CCN=C=S. The minimum Gasteiger partial charge on any atom is -0.233 e. The van der Waals surface area contributed by atoms with Crippen molar-refractivity contribution in [3.05, 3.63) is 0 Å². The van der Waals surface area contributed by atoms with Crippen LogP contribution in [0.3, 0.4) is 0 Å². The lowest BCUT2D eigenvalue weighted by Gasteiger charge is -1.60. The Hall–Kier alpha value is -0.200. The van der Waals surface area contributed by atoms with Crippen molar-refractivity contribution >= 4 is 17.4 Å². The third-order valence-corrected chi connectivity index (χ3v) is 0.352. The van der Waals surface area contributed by atoms with Crippen LogP contribution in [0.1, 0.15) is 14.4 Å². The highest BCUT2D eigenvalue weighted by molar-refractivity contribution is 7.78. The third kappa shape index (κ3) is 9.20. The Morgan fingerprint density at radius 3 is 2.33 bits per heavy atom. The minimum atomic E-state index is 0. The van der Waals surface area contributed by atoms with E-state index in [1.165, 1.54) is 0 Å². The van der Waals surface area contributed by atoms with Crippen LogP contribution in [0, 0.1) is 0 Å². The first-order valence-electron chi connectivity index (χ1n) is 1.45. The molecule has 0 aromatic carbocycles. The number of aliphatic imine (C=N–C) groups is 1. The number of thiocarbonyl (C=S) groups is 1. The van der Waals surface area contributed by atoms with E-state index in [1.54, 1.807) is 0 Å². The summed E-state index contributed by atoms with van der Waals surface area (Å²) in [5.74, 6) is 0. The molecule has 6 heavy (non-hydrogen) atoms. The van der Waals surface area contributed by atoms with Gasteiger partial charge < -0.3 is 0 Å². The second kappa shape index (κ2) is 8.84. The topological polar surface area (TPSA) is 12.4 Å². The van der Waals surface area contributed by atoms with Crippen molar-refractivity contribution in [3.63, 3.8) is 0 Å². The van der Waals surface area contributed by atoms with Crippen molar-refractivity contribution in [2.45, 2.75) is 14.4 Å². The molecule has 0 N–H and O–H groups in total. The summed E-state index contributed by atoms with van der Waals surface area (Å²) in [6.45, 7) is 2.67. The quantitative estimate of drug-likeness (QED) is 0.364. The molecule has 0 rings (SSSR count). The highest BCUT2D eigenvalue weighted by Gasteiger charge is 1.49. The van der Waals surface area contributed by atoms with Gasteiger partial charge in [-0.3, -0.25) is 0 Å². The van der Waals surface area contributed by atoms with E-state index in [0.29, 0.717) is 0 Å². The predicted molar refractivity (Wildman–Crippen MR) is 32.3 cm³/mol. The van der Waals surface area contributed by atoms with Crippen molar-refractivity contribution in [1.82, 2.24) is 0 Å². The zero-order valence-electron chi connectivity index (χ0n) is 3.06. The smallest absolute Gasteiger partial charge is 0.0584 e. The molecule has 0 aliphatic heterocycles. The highest BCUT2D eigenvalue weighted by Crippen LogP contribution is 1.55. The van der Waals surface area contributed by atoms with Crippen LogP contribution < -0.4 is 0 Å². The molecular weight excluding hydrogens is 94.1 g/mol. The van der Waals surface area contributed by atoms with E-state index in [0.717, 1.165) is 6.54 Å². The molecule has 0 saturated carbocycles. The van der Waals surface area contributed by atoms with E-state index in [4.69, 9.17) is 0 Å². The van der Waals surface area contributed by atoms with Crippen LogP contribution in [0.5, 0.6) is 0 Å². The first-order valence-corrected chi connectivity index (χ1v) is 1.86. The molecule has 0 saturated heterocycles. The van der Waals surface area contributed by atoms with E-state index in [1.807, 2.05) is 6.92 Å². The van der Waals surface area contributed by atoms with Crippen LogP contribution in [0.4, 0.5) is 0 Å². The summed E-state index contributed by atoms with van der Waals surface area (Å²) in [5.41, 5.74) is 0. The second-order valence-electron chi connectivity index (χ2n) is 0.566. The van der Waals surface area contributed by atoms with Crippen LogP contribution in [0.15, 0.2) is 4.99 Å². The average Bonchev–Trinajstić information content (AvgIpc) is 1.41. The van der Waals surface area contributed by atoms with Gasteiger partial charge in [-0.2, -0.15) is 0 Å². The fourth-order valence-corrected chi connectivity index (χ4v) is 0.194. The summed E-state index contributed by atoms with van der Waals surface area (Å²) >= 11 is 4.23. The predicted octanol–water partition coefficient (Wildman–Crippen LogP) is 1.75. The van der Waals surface area contributed by atoms with Gasteiger partial charge in [-0.25, -0.2) is 4.99 Å². The molecule has 0 aromatic rings. The van der Waals surface area contributed by atoms with Crippen LogP contribution in [-0.4, -0.2) is 11.7 Å². The maximum Gasteiger partial charge on any atom is 0.0584 e. The monoisotopic (exact) mass is 103 g/mol. The third-order valence-electron chi connectivity index (χ3n) is 0.223. The number of isothiocyanates is 1. The number of hydrogen-bond donors (Lipinski definition) is 0. The molecule has 0 heterocycles. The van der Waals surface area contributed by atoms with E-state index in [2.05, 4.69) is 22.4 Å².